The van der Waals surface area contributed by atoms with Gasteiger partial charge in [-0.2, -0.15) is 0 Å². The van der Waals surface area contributed by atoms with Crippen LogP contribution in [0.25, 0.3) is 0 Å². The molecule has 0 saturated carbocycles. The van der Waals surface area contributed by atoms with Gasteiger partial charge in [0.2, 0.25) is 11.0 Å². The van der Waals surface area contributed by atoms with Crippen LogP contribution in [0.4, 0.5) is 5.13 Å². The van der Waals surface area contributed by atoms with E-state index in [9.17, 15) is 4.79 Å². The van der Waals surface area contributed by atoms with Gasteiger partial charge in [0.05, 0.1) is 6.61 Å². The molecule has 6 heteroatoms. The monoisotopic (exact) mass is 361 g/mol. The summed E-state index contributed by atoms with van der Waals surface area (Å²) in [6.07, 6.45) is 4.17. The third-order valence-corrected chi connectivity index (χ3v) is 5.17. The SMILES string of the molecule is CCc1ccc(OCCCC(=O)Nc2nnc(C(CC)CC)s2)cc1. The van der Waals surface area contributed by atoms with Gasteiger partial charge < -0.3 is 10.1 Å². The lowest BCUT2D eigenvalue weighted by Gasteiger charge is -2.07. The molecule has 0 aliphatic heterocycles. The Morgan fingerprint density at radius 1 is 1.16 bits per heavy atom. The molecule has 5 nitrogen and oxygen atoms in total. The van der Waals surface area contributed by atoms with Crippen LogP contribution in [-0.2, 0) is 11.2 Å². The molecular weight excluding hydrogens is 334 g/mol. The number of aromatic nitrogens is 2. The van der Waals surface area contributed by atoms with E-state index in [-0.39, 0.29) is 5.91 Å². The molecule has 1 amide bonds. The molecular formula is C19H27N3O2S. The normalized spacial score (nSPS) is 10.9. The van der Waals surface area contributed by atoms with Crippen LogP contribution >= 0.6 is 11.3 Å². The highest BCUT2D eigenvalue weighted by Crippen LogP contribution is 2.28. The molecule has 2 rings (SSSR count). The fraction of sp³-hybridized carbons (Fsp3) is 0.526. The van der Waals surface area contributed by atoms with Gasteiger partial charge in [-0.3, -0.25) is 4.79 Å². The van der Waals surface area contributed by atoms with E-state index >= 15 is 0 Å². The quantitative estimate of drug-likeness (QED) is 0.617. The molecule has 0 bridgehead atoms. The molecule has 0 saturated heterocycles. The summed E-state index contributed by atoms with van der Waals surface area (Å²) in [6, 6.07) is 8.07. The molecule has 0 aliphatic rings. The number of rotatable bonds is 10. The fourth-order valence-electron chi connectivity index (χ4n) is 2.51. The molecule has 2 aromatic rings. The van der Waals surface area contributed by atoms with Crippen LogP contribution < -0.4 is 10.1 Å². The predicted octanol–water partition coefficient (Wildman–Crippen LogP) is 4.80. The molecule has 0 radical (unpaired) electrons. The smallest absolute Gasteiger partial charge is 0.226 e. The zero-order chi connectivity index (χ0) is 18.1. The van der Waals surface area contributed by atoms with E-state index in [0.717, 1.165) is 30.0 Å². The van der Waals surface area contributed by atoms with Crippen molar-refractivity contribution in [3.63, 3.8) is 0 Å². The summed E-state index contributed by atoms with van der Waals surface area (Å²) in [5.74, 6) is 1.23. The van der Waals surface area contributed by atoms with Crippen molar-refractivity contribution in [1.82, 2.24) is 10.2 Å². The molecule has 0 fully saturated rings. The number of hydrogen-bond acceptors (Lipinski definition) is 5. The van der Waals surface area contributed by atoms with Gasteiger partial charge in [-0.15, -0.1) is 10.2 Å². The Hall–Kier alpha value is -1.95. The molecule has 0 atom stereocenters. The highest BCUT2D eigenvalue weighted by Gasteiger charge is 2.14. The Bertz CT molecular complexity index is 651. The summed E-state index contributed by atoms with van der Waals surface area (Å²) in [7, 11) is 0. The van der Waals surface area contributed by atoms with Crippen molar-refractivity contribution in [1.29, 1.82) is 0 Å². The van der Waals surface area contributed by atoms with E-state index in [4.69, 9.17) is 4.74 Å². The van der Waals surface area contributed by atoms with Crippen molar-refractivity contribution < 1.29 is 9.53 Å². The van der Waals surface area contributed by atoms with E-state index in [2.05, 4.69) is 48.4 Å². The predicted molar refractivity (Wildman–Crippen MR) is 102 cm³/mol. The van der Waals surface area contributed by atoms with Crippen molar-refractivity contribution in [3.8, 4) is 5.75 Å². The zero-order valence-corrected chi connectivity index (χ0v) is 16.1. The molecule has 25 heavy (non-hydrogen) atoms. The number of hydrogen-bond donors (Lipinski definition) is 1. The molecule has 0 unspecified atom stereocenters. The van der Waals surface area contributed by atoms with Gasteiger partial charge in [0.25, 0.3) is 0 Å². The maximum atomic E-state index is 12.0. The van der Waals surface area contributed by atoms with Gasteiger partial charge in [-0.1, -0.05) is 44.2 Å². The molecule has 136 valence electrons. The van der Waals surface area contributed by atoms with Gasteiger partial charge >= 0.3 is 0 Å². The summed E-state index contributed by atoms with van der Waals surface area (Å²) >= 11 is 1.47. The van der Waals surface area contributed by atoms with Crippen LogP contribution in [0.1, 0.15) is 62.9 Å². The Morgan fingerprint density at radius 3 is 2.52 bits per heavy atom. The van der Waals surface area contributed by atoms with Crippen LogP contribution in [-0.4, -0.2) is 22.7 Å². The van der Waals surface area contributed by atoms with Crippen molar-refractivity contribution in [2.75, 3.05) is 11.9 Å². The second-order valence-corrected chi connectivity index (χ2v) is 6.97. The highest BCUT2D eigenvalue weighted by molar-refractivity contribution is 7.15. The van der Waals surface area contributed by atoms with E-state index < -0.39 is 0 Å². The van der Waals surface area contributed by atoms with Crippen LogP contribution in [0.15, 0.2) is 24.3 Å². The van der Waals surface area contributed by atoms with Crippen LogP contribution in [0, 0.1) is 0 Å². The Morgan fingerprint density at radius 2 is 1.88 bits per heavy atom. The average Bonchev–Trinajstić information content (AvgIpc) is 3.08. The van der Waals surface area contributed by atoms with E-state index in [1.54, 1.807) is 0 Å². The Kier molecular flexibility index (Phi) is 7.85. The number of nitrogens with one attached hydrogen (secondary N) is 1. The van der Waals surface area contributed by atoms with Crippen molar-refractivity contribution >= 4 is 22.4 Å². The standard InChI is InChI=1S/C19H27N3O2S/c1-4-14-9-11-16(12-10-14)24-13-7-8-17(23)20-19-22-21-18(25-19)15(5-2)6-3/h9-12,15H,4-8,13H2,1-3H3,(H,20,22,23). The lowest BCUT2D eigenvalue weighted by atomic mass is 10.1. The first-order valence-electron chi connectivity index (χ1n) is 9.01. The second-order valence-electron chi connectivity index (χ2n) is 5.96. The number of benzene rings is 1. The number of aryl methyl sites for hydroxylation is 1. The largest absolute Gasteiger partial charge is 0.494 e. The van der Waals surface area contributed by atoms with Crippen molar-refractivity contribution in [2.24, 2.45) is 0 Å². The molecule has 0 aliphatic carbocycles. The van der Waals surface area contributed by atoms with Crippen LogP contribution in [0.2, 0.25) is 0 Å². The van der Waals surface area contributed by atoms with Crippen molar-refractivity contribution in [2.45, 2.75) is 58.8 Å². The fourth-order valence-corrected chi connectivity index (χ4v) is 3.54. The molecule has 1 aromatic carbocycles. The minimum absolute atomic E-state index is 0.0443. The second kappa shape index (κ2) is 10.1. The first-order chi connectivity index (χ1) is 12.2. The average molecular weight is 362 g/mol. The minimum Gasteiger partial charge on any atom is -0.494 e. The first kappa shape index (κ1) is 19.4. The van der Waals surface area contributed by atoms with Gasteiger partial charge in [-0.25, -0.2) is 0 Å². The molecule has 1 N–H and O–H groups in total. The van der Waals surface area contributed by atoms with E-state index in [1.807, 2.05) is 12.1 Å². The van der Waals surface area contributed by atoms with E-state index in [0.29, 0.717) is 30.5 Å². The first-order valence-corrected chi connectivity index (χ1v) is 9.82. The molecule has 1 heterocycles. The topological polar surface area (TPSA) is 64.1 Å². The summed E-state index contributed by atoms with van der Waals surface area (Å²) in [4.78, 5) is 12.0. The minimum atomic E-state index is -0.0443. The lowest BCUT2D eigenvalue weighted by Crippen LogP contribution is -2.12. The molecule has 1 aromatic heterocycles. The number of carbonyl (C=O) groups excluding carboxylic acids is 1. The molecule has 0 spiro atoms. The van der Waals surface area contributed by atoms with Crippen LogP contribution in [0.3, 0.4) is 0 Å². The Balaban J connectivity index is 1.70. The lowest BCUT2D eigenvalue weighted by molar-refractivity contribution is -0.116. The Labute approximate surface area is 153 Å². The number of ether oxygens (including phenoxy) is 1. The van der Waals surface area contributed by atoms with Gasteiger partial charge in [-0.05, 0) is 43.4 Å². The van der Waals surface area contributed by atoms with Crippen molar-refractivity contribution in [3.05, 3.63) is 34.8 Å². The number of nitrogens with zero attached hydrogens (tertiary/aromatic N) is 2. The van der Waals surface area contributed by atoms with Gasteiger partial charge in [0, 0.05) is 12.3 Å². The van der Waals surface area contributed by atoms with Crippen LogP contribution in [0.5, 0.6) is 5.75 Å². The maximum absolute atomic E-state index is 12.0. The summed E-state index contributed by atoms with van der Waals surface area (Å²) in [6.45, 7) is 6.93. The van der Waals surface area contributed by atoms with E-state index in [1.165, 1.54) is 16.9 Å². The maximum Gasteiger partial charge on any atom is 0.226 e. The number of anilines is 1. The third-order valence-electron chi connectivity index (χ3n) is 4.17. The summed E-state index contributed by atoms with van der Waals surface area (Å²) < 4.78 is 5.67. The highest BCUT2D eigenvalue weighted by atomic mass is 32.1. The van der Waals surface area contributed by atoms with Gasteiger partial charge in [0.1, 0.15) is 10.8 Å². The third kappa shape index (κ3) is 6.12. The zero-order valence-electron chi connectivity index (χ0n) is 15.2. The number of amides is 1. The summed E-state index contributed by atoms with van der Waals surface area (Å²) in [5.41, 5.74) is 1.29. The number of carbonyl (C=O) groups is 1. The van der Waals surface area contributed by atoms with Gasteiger partial charge in [0.15, 0.2) is 0 Å². The summed E-state index contributed by atoms with van der Waals surface area (Å²) in [5, 5.41) is 12.7.